The van der Waals surface area contributed by atoms with Gasteiger partial charge in [0.1, 0.15) is 0 Å². The van der Waals surface area contributed by atoms with Crippen molar-refractivity contribution in [2.75, 3.05) is 13.6 Å². The number of fused-ring (bicyclic) bond motifs is 2. The van der Waals surface area contributed by atoms with Crippen molar-refractivity contribution in [1.82, 2.24) is 10.3 Å². The average molecular weight is 455 g/mol. The van der Waals surface area contributed by atoms with Gasteiger partial charge in [-0.2, -0.15) is 0 Å². The molecular formula is C26H38N4O3. The minimum atomic E-state index is -1.29. The number of aromatic amines is 1. The summed E-state index contributed by atoms with van der Waals surface area (Å²) >= 11 is 0. The molecule has 0 spiro atoms. The first-order valence-electron chi connectivity index (χ1n) is 12.0. The number of rotatable bonds is 6. The van der Waals surface area contributed by atoms with Crippen molar-refractivity contribution >= 4 is 16.9 Å². The normalized spacial score (nSPS) is 34.8. The first-order chi connectivity index (χ1) is 15.6. The van der Waals surface area contributed by atoms with Crippen LogP contribution in [0.3, 0.4) is 0 Å². The molecule has 0 unspecified atom stereocenters. The Morgan fingerprint density at radius 3 is 2.76 bits per heavy atom. The SMILES string of the molecule is C=C(Cc1cc2ccccc2[nH]1)[C@H]1CC[C@@](C)(O)[C@H]2C[C@@H](O)[C@@](O)(CCNC(N)=NC)[C@H]2C1. The van der Waals surface area contributed by atoms with Gasteiger partial charge in [-0.1, -0.05) is 30.4 Å². The molecule has 0 amide bonds. The molecule has 4 rings (SSSR count). The molecule has 2 aliphatic rings. The maximum atomic E-state index is 11.7. The number of guanidine groups is 1. The fraction of sp³-hybridized carbons (Fsp3) is 0.577. The molecule has 0 aliphatic heterocycles. The highest BCUT2D eigenvalue weighted by Crippen LogP contribution is 2.54. The van der Waals surface area contributed by atoms with Crippen LogP contribution < -0.4 is 11.1 Å². The Bertz CT molecular complexity index is 996. The molecule has 2 aliphatic carbocycles. The number of H-pyrrole nitrogens is 1. The van der Waals surface area contributed by atoms with Crippen LogP contribution in [0.5, 0.6) is 0 Å². The van der Waals surface area contributed by atoms with Gasteiger partial charge in [0.2, 0.25) is 0 Å². The van der Waals surface area contributed by atoms with Gasteiger partial charge in [-0.25, -0.2) is 0 Å². The third-order valence-electron chi connectivity index (χ3n) is 8.17. The standard InChI is InChI=1S/C26H38N4O3/c1-16(12-19-13-18-6-4-5-7-22(18)30-19)17-8-9-25(2,32)20-15-23(31)26(33,21(20)14-17)10-11-29-24(27)28-3/h4-7,13,17,20-21,23,30-33H,1,8-12,14-15H2,2-3H3,(H3,27,28,29)/t17-,20-,21-,23+,25+,26+/m0/s1. The second-order valence-corrected chi connectivity index (χ2v) is 10.3. The maximum absolute atomic E-state index is 11.7. The predicted octanol–water partition coefficient (Wildman–Crippen LogP) is 2.47. The Morgan fingerprint density at radius 2 is 2.03 bits per heavy atom. The van der Waals surface area contributed by atoms with E-state index in [9.17, 15) is 15.3 Å². The number of benzene rings is 1. The minimum Gasteiger partial charge on any atom is -0.390 e. The molecule has 2 fully saturated rings. The number of hydrogen-bond acceptors (Lipinski definition) is 4. The lowest BCUT2D eigenvalue weighted by molar-refractivity contribution is -0.0997. The molecule has 0 saturated heterocycles. The molecule has 6 atom stereocenters. The van der Waals surface area contributed by atoms with Crippen molar-refractivity contribution < 1.29 is 15.3 Å². The molecule has 2 saturated carbocycles. The largest absolute Gasteiger partial charge is 0.390 e. The van der Waals surface area contributed by atoms with E-state index in [0.29, 0.717) is 38.2 Å². The lowest BCUT2D eigenvalue weighted by atomic mass is 9.73. The molecule has 33 heavy (non-hydrogen) atoms. The first-order valence-corrected chi connectivity index (χ1v) is 12.0. The highest BCUT2D eigenvalue weighted by atomic mass is 16.3. The summed E-state index contributed by atoms with van der Waals surface area (Å²) in [5.74, 6) is 0.0710. The number of nitrogens with two attached hydrogens (primary N) is 1. The highest BCUT2D eigenvalue weighted by molar-refractivity contribution is 5.80. The third-order valence-corrected chi connectivity index (χ3v) is 8.17. The lowest BCUT2D eigenvalue weighted by Gasteiger charge is -2.38. The average Bonchev–Trinajstić information content (AvgIpc) is 3.25. The van der Waals surface area contributed by atoms with Crippen molar-refractivity contribution in [1.29, 1.82) is 0 Å². The van der Waals surface area contributed by atoms with Gasteiger partial charge in [-0.05, 0) is 74.3 Å². The van der Waals surface area contributed by atoms with Gasteiger partial charge >= 0.3 is 0 Å². The Balaban J connectivity index is 1.53. The Morgan fingerprint density at radius 1 is 1.27 bits per heavy atom. The molecule has 7 N–H and O–H groups in total. The van der Waals surface area contributed by atoms with E-state index in [-0.39, 0.29) is 17.8 Å². The number of nitrogens with one attached hydrogen (secondary N) is 2. The highest BCUT2D eigenvalue weighted by Gasteiger charge is 2.59. The Labute approximate surface area is 195 Å². The predicted molar refractivity (Wildman–Crippen MR) is 132 cm³/mol. The van der Waals surface area contributed by atoms with Crippen LogP contribution in [0.1, 0.15) is 44.7 Å². The maximum Gasteiger partial charge on any atom is 0.188 e. The summed E-state index contributed by atoms with van der Waals surface area (Å²) in [5, 5.41) is 38.0. The quantitative estimate of drug-likeness (QED) is 0.227. The second-order valence-electron chi connectivity index (χ2n) is 10.3. The third kappa shape index (κ3) is 4.67. The number of aliphatic hydroxyl groups excluding tert-OH is 1. The van der Waals surface area contributed by atoms with Crippen LogP contribution in [0.25, 0.3) is 10.9 Å². The van der Waals surface area contributed by atoms with Crippen LogP contribution in [-0.4, -0.2) is 57.2 Å². The van der Waals surface area contributed by atoms with Crippen LogP contribution >= 0.6 is 0 Å². The number of hydrogen-bond donors (Lipinski definition) is 6. The Kier molecular flexibility index (Phi) is 6.58. The van der Waals surface area contributed by atoms with E-state index in [0.717, 1.165) is 29.6 Å². The molecule has 1 aromatic heterocycles. The van der Waals surface area contributed by atoms with Gasteiger partial charge in [0, 0.05) is 31.2 Å². The number of para-hydroxylation sites is 1. The van der Waals surface area contributed by atoms with Crippen molar-refractivity contribution in [3.63, 3.8) is 0 Å². The molecule has 1 heterocycles. The van der Waals surface area contributed by atoms with Crippen LogP contribution in [-0.2, 0) is 6.42 Å². The van der Waals surface area contributed by atoms with Gasteiger partial charge in [-0.3, -0.25) is 4.99 Å². The summed E-state index contributed by atoms with van der Waals surface area (Å²) in [5.41, 5.74) is 6.84. The number of allylic oxidation sites excluding steroid dienone is 1. The van der Waals surface area contributed by atoms with Crippen LogP contribution in [0, 0.1) is 17.8 Å². The molecule has 1 aromatic carbocycles. The van der Waals surface area contributed by atoms with E-state index >= 15 is 0 Å². The zero-order valence-corrected chi connectivity index (χ0v) is 19.7. The number of aliphatic imine (C=N–C) groups is 1. The van der Waals surface area contributed by atoms with Crippen molar-refractivity contribution in [3.05, 3.63) is 48.2 Å². The van der Waals surface area contributed by atoms with Gasteiger partial charge < -0.3 is 31.4 Å². The van der Waals surface area contributed by atoms with E-state index in [1.54, 1.807) is 7.05 Å². The molecule has 180 valence electrons. The molecule has 7 nitrogen and oxygen atoms in total. The molecular weight excluding hydrogens is 416 g/mol. The van der Waals surface area contributed by atoms with E-state index in [1.807, 2.05) is 19.1 Å². The summed E-state index contributed by atoms with van der Waals surface area (Å²) in [6.07, 6.45) is 2.71. The first kappa shape index (κ1) is 23.8. The zero-order valence-electron chi connectivity index (χ0n) is 19.7. The molecule has 2 aromatic rings. The van der Waals surface area contributed by atoms with Gasteiger partial charge in [0.05, 0.1) is 17.3 Å². The topological polar surface area (TPSA) is 127 Å². The minimum absolute atomic E-state index is 0.157. The molecule has 0 radical (unpaired) electrons. The summed E-state index contributed by atoms with van der Waals surface area (Å²) in [6.45, 7) is 6.68. The summed E-state index contributed by atoms with van der Waals surface area (Å²) in [4.78, 5) is 7.37. The van der Waals surface area contributed by atoms with E-state index in [4.69, 9.17) is 5.73 Å². The van der Waals surface area contributed by atoms with E-state index in [1.165, 1.54) is 5.39 Å². The van der Waals surface area contributed by atoms with Crippen LogP contribution in [0.15, 0.2) is 47.5 Å². The number of nitrogens with zero attached hydrogens (tertiary/aromatic N) is 1. The fourth-order valence-corrected chi connectivity index (χ4v) is 6.15. The van der Waals surface area contributed by atoms with Crippen molar-refractivity contribution in [2.45, 2.75) is 62.8 Å². The summed E-state index contributed by atoms with van der Waals surface area (Å²) < 4.78 is 0. The van der Waals surface area contributed by atoms with Crippen LogP contribution in [0.4, 0.5) is 0 Å². The lowest BCUT2D eigenvalue weighted by Crippen LogP contribution is -2.48. The van der Waals surface area contributed by atoms with Gasteiger partial charge in [0.15, 0.2) is 5.96 Å². The summed E-state index contributed by atoms with van der Waals surface area (Å²) in [7, 11) is 1.60. The zero-order chi connectivity index (χ0) is 23.8. The summed E-state index contributed by atoms with van der Waals surface area (Å²) in [6, 6.07) is 10.4. The van der Waals surface area contributed by atoms with Crippen LogP contribution in [0.2, 0.25) is 0 Å². The molecule has 0 bridgehead atoms. The van der Waals surface area contributed by atoms with E-state index in [2.05, 4.69) is 40.1 Å². The molecule has 7 heteroatoms. The van der Waals surface area contributed by atoms with E-state index < -0.39 is 17.3 Å². The van der Waals surface area contributed by atoms with Crippen molar-refractivity contribution in [3.8, 4) is 0 Å². The van der Waals surface area contributed by atoms with Gasteiger partial charge in [-0.15, -0.1) is 0 Å². The van der Waals surface area contributed by atoms with Crippen molar-refractivity contribution in [2.24, 2.45) is 28.5 Å². The monoisotopic (exact) mass is 454 g/mol. The fourth-order valence-electron chi connectivity index (χ4n) is 6.15. The van der Waals surface area contributed by atoms with Gasteiger partial charge in [0.25, 0.3) is 0 Å². The smallest absolute Gasteiger partial charge is 0.188 e. The second kappa shape index (κ2) is 9.12. The number of aromatic nitrogens is 1. The Hall–Kier alpha value is -2.35. The number of aliphatic hydroxyl groups is 3.